The third kappa shape index (κ3) is 4.85. The molecule has 1 aromatic carbocycles. The van der Waals surface area contributed by atoms with Crippen molar-refractivity contribution in [2.24, 2.45) is 10.4 Å². The molecule has 2 heterocycles. The Balaban J connectivity index is 1.39. The minimum atomic E-state index is 0.00965. The van der Waals surface area contributed by atoms with Crippen molar-refractivity contribution in [1.29, 1.82) is 0 Å². The Labute approximate surface area is 174 Å². The number of urea groups is 1. The van der Waals surface area contributed by atoms with E-state index in [0.29, 0.717) is 12.0 Å². The van der Waals surface area contributed by atoms with Crippen LogP contribution in [0.25, 0.3) is 0 Å². The summed E-state index contributed by atoms with van der Waals surface area (Å²) in [6.07, 6.45) is 9.04. The summed E-state index contributed by atoms with van der Waals surface area (Å²) in [5, 5.41) is 6.52. The van der Waals surface area contributed by atoms with Crippen LogP contribution in [-0.2, 0) is 6.54 Å². The predicted molar refractivity (Wildman–Crippen MR) is 118 cm³/mol. The maximum Gasteiger partial charge on any atom is 0.321 e. The summed E-state index contributed by atoms with van der Waals surface area (Å²) >= 11 is 0. The van der Waals surface area contributed by atoms with Gasteiger partial charge < -0.3 is 20.4 Å². The first-order valence-electron chi connectivity index (χ1n) is 11.4. The maximum atomic E-state index is 12.3. The monoisotopic (exact) mass is 397 g/mol. The summed E-state index contributed by atoms with van der Waals surface area (Å²) in [4.78, 5) is 21.6. The van der Waals surface area contributed by atoms with Crippen LogP contribution in [0.5, 0.6) is 0 Å². The lowest BCUT2D eigenvalue weighted by molar-refractivity contribution is 0.222. The van der Waals surface area contributed by atoms with E-state index in [2.05, 4.69) is 28.5 Å². The number of carbonyl (C=O) groups excluding carboxylic acids is 1. The molecule has 158 valence electrons. The van der Waals surface area contributed by atoms with Gasteiger partial charge in [-0.15, -0.1) is 0 Å². The molecule has 0 radical (unpaired) electrons. The van der Waals surface area contributed by atoms with Gasteiger partial charge in [0.2, 0.25) is 0 Å². The molecule has 0 unspecified atom stereocenters. The van der Waals surface area contributed by atoms with E-state index < -0.39 is 0 Å². The number of hydrogen-bond acceptors (Lipinski definition) is 2. The zero-order chi connectivity index (χ0) is 20.1. The molecule has 6 heteroatoms. The molecule has 2 amide bonds. The number of guanidine groups is 1. The highest BCUT2D eigenvalue weighted by Crippen LogP contribution is 2.45. The number of hydrogen-bond donors (Lipinski definition) is 2. The lowest BCUT2D eigenvalue weighted by Crippen LogP contribution is -2.41. The number of likely N-dealkylation sites (tertiary alicyclic amines) is 2. The summed E-state index contributed by atoms with van der Waals surface area (Å²) in [6.45, 7) is 7.61. The van der Waals surface area contributed by atoms with Crippen LogP contribution < -0.4 is 10.6 Å². The molecule has 2 saturated heterocycles. The average molecular weight is 398 g/mol. The van der Waals surface area contributed by atoms with E-state index in [1.54, 1.807) is 0 Å². The standard InChI is InChI=1S/C23H35N5O/c1-2-24-21(28-15-12-23(18-28)10-3-4-11-23)25-17-19-8-7-9-20(16-19)26-22(29)27-13-5-6-14-27/h7-9,16H,2-6,10-15,17-18H2,1H3,(H,24,25)(H,26,29). The van der Waals surface area contributed by atoms with E-state index in [1.165, 1.54) is 32.1 Å². The smallest absolute Gasteiger partial charge is 0.321 e. The number of aliphatic imine (C=N–C) groups is 1. The van der Waals surface area contributed by atoms with E-state index in [-0.39, 0.29) is 6.03 Å². The molecule has 3 fully saturated rings. The maximum absolute atomic E-state index is 12.3. The van der Waals surface area contributed by atoms with Gasteiger partial charge in [0.05, 0.1) is 6.54 Å². The van der Waals surface area contributed by atoms with E-state index in [0.717, 1.165) is 62.8 Å². The van der Waals surface area contributed by atoms with Crippen LogP contribution in [-0.4, -0.2) is 54.5 Å². The first-order chi connectivity index (χ1) is 14.2. The van der Waals surface area contributed by atoms with Crippen LogP contribution in [0.1, 0.15) is 57.4 Å². The highest BCUT2D eigenvalue weighted by molar-refractivity contribution is 5.89. The van der Waals surface area contributed by atoms with Crippen LogP contribution in [0, 0.1) is 5.41 Å². The summed E-state index contributed by atoms with van der Waals surface area (Å²) in [5.41, 5.74) is 2.51. The van der Waals surface area contributed by atoms with Crippen LogP contribution in [0.4, 0.5) is 10.5 Å². The molecule has 0 atom stereocenters. The third-order valence-corrected chi connectivity index (χ3v) is 6.72. The molecule has 29 heavy (non-hydrogen) atoms. The Morgan fingerprint density at radius 2 is 1.86 bits per heavy atom. The van der Waals surface area contributed by atoms with Gasteiger partial charge in [-0.1, -0.05) is 25.0 Å². The Morgan fingerprint density at radius 1 is 1.07 bits per heavy atom. The van der Waals surface area contributed by atoms with Crippen LogP contribution in [0.2, 0.25) is 0 Å². The molecule has 1 spiro atoms. The van der Waals surface area contributed by atoms with Gasteiger partial charge in [-0.05, 0) is 62.1 Å². The fourth-order valence-corrected chi connectivity index (χ4v) is 5.11. The fraction of sp³-hybridized carbons (Fsp3) is 0.652. The number of nitrogens with one attached hydrogen (secondary N) is 2. The minimum absolute atomic E-state index is 0.00965. The lowest BCUT2D eigenvalue weighted by atomic mass is 9.86. The van der Waals surface area contributed by atoms with Gasteiger partial charge in [-0.25, -0.2) is 9.79 Å². The highest BCUT2D eigenvalue weighted by atomic mass is 16.2. The number of nitrogens with zero attached hydrogens (tertiary/aromatic N) is 3. The minimum Gasteiger partial charge on any atom is -0.357 e. The Morgan fingerprint density at radius 3 is 2.62 bits per heavy atom. The average Bonchev–Trinajstić information content (AvgIpc) is 3.49. The molecular formula is C23H35N5O. The summed E-state index contributed by atoms with van der Waals surface area (Å²) in [5.74, 6) is 1.03. The van der Waals surface area contributed by atoms with Crippen LogP contribution >= 0.6 is 0 Å². The van der Waals surface area contributed by atoms with Crippen molar-refractivity contribution in [2.75, 3.05) is 38.0 Å². The molecule has 0 bridgehead atoms. The van der Waals surface area contributed by atoms with Crippen LogP contribution in [0.15, 0.2) is 29.3 Å². The molecule has 0 aromatic heterocycles. The van der Waals surface area contributed by atoms with E-state index >= 15 is 0 Å². The van der Waals surface area contributed by atoms with E-state index in [9.17, 15) is 4.79 Å². The number of carbonyl (C=O) groups is 1. The molecule has 6 nitrogen and oxygen atoms in total. The zero-order valence-electron chi connectivity index (χ0n) is 17.8. The molecule has 1 saturated carbocycles. The second-order valence-corrected chi connectivity index (χ2v) is 8.87. The Hall–Kier alpha value is -2.24. The van der Waals surface area contributed by atoms with E-state index in [1.807, 2.05) is 23.1 Å². The summed E-state index contributed by atoms with van der Waals surface area (Å²) in [7, 11) is 0. The van der Waals surface area contributed by atoms with Crippen molar-refractivity contribution in [3.05, 3.63) is 29.8 Å². The third-order valence-electron chi connectivity index (χ3n) is 6.72. The second-order valence-electron chi connectivity index (χ2n) is 8.87. The zero-order valence-corrected chi connectivity index (χ0v) is 17.8. The van der Waals surface area contributed by atoms with Gasteiger partial charge in [0.25, 0.3) is 0 Å². The SMILES string of the molecule is CCNC(=NCc1cccc(NC(=O)N2CCCC2)c1)N1CCC2(CCCC2)C1. The van der Waals surface area contributed by atoms with Crippen molar-refractivity contribution >= 4 is 17.7 Å². The number of anilines is 1. The van der Waals surface area contributed by atoms with Gasteiger partial charge in [-0.2, -0.15) is 0 Å². The molecule has 4 rings (SSSR count). The van der Waals surface area contributed by atoms with Crippen molar-refractivity contribution in [1.82, 2.24) is 15.1 Å². The molecule has 2 aliphatic heterocycles. The highest BCUT2D eigenvalue weighted by Gasteiger charge is 2.41. The van der Waals surface area contributed by atoms with Gasteiger partial charge >= 0.3 is 6.03 Å². The topological polar surface area (TPSA) is 60.0 Å². The molecule has 1 aromatic rings. The Kier molecular flexibility index (Phi) is 6.26. The lowest BCUT2D eigenvalue weighted by Gasteiger charge is -2.26. The quantitative estimate of drug-likeness (QED) is 0.595. The first kappa shape index (κ1) is 20.0. The van der Waals surface area contributed by atoms with Crippen molar-refractivity contribution in [3.63, 3.8) is 0 Å². The van der Waals surface area contributed by atoms with Gasteiger partial charge in [-0.3, -0.25) is 0 Å². The van der Waals surface area contributed by atoms with Crippen molar-refractivity contribution in [2.45, 2.75) is 58.4 Å². The normalized spacial score (nSPS) is 21.2. The number of benzene rings is 1. The van der Waals surface area contributed by atoms with Gasteiger partial charge in [0, 0.05) is 38.4 Å². The number of rotatable bonds is 4. The largest absolute Gasteiger partial charge is 0.357 e. The van der Waals surface area contributed by atoms with Gasteiger partial charge in [0.1, 0.15) is 0 Å². The van der Waals surface area contributed by atoms with Crippen molar-refractivity contribution in [3.8, 4) is 0 Å². The fourth-order valence-electron chi connectivity index (χ4n) is 5.11. The predicted octanol–water partition coefficient (Wildman–Crippen LogP) is 4.05. The molecular weight excluding hydrogens is 362 g/mol. The van der Waals surface area contributed by atoms with E-state index in [4.69, 9.17) is 4.99 Å². The first-order valence-corrected chi connectivity index (χ1v) is 11.4. The van der Waals surface area contributed by atoms with Crippen LogP contribution in [0.3, 0.4) is 0 Å². The summed E-state index contributed by atoms with van der Waals surface area (Å²) in [6, 6.07) is 8.09. The molecule has 1 aliphatic carbocycles. The van der Waals surface area contributed by atoms with Crippen molar-refractivity contribution < 1.29 is 4.79 Å². The molecule has 3 aliphatic rings. The molecule has 2 N–H and O–H groups in total. The second kappa shape index (κ2) is 9.06. The van der Waals surface area contributed by atoms with Gasteiger partial charge in [0.15, 0.2) is 5.96 Å². The Bertz CT molecular complexity index is 735. The summed E-state index contributed by atoms with van der Waals surface area (Å²) < 4.78 is 0. The number of amides is 2.